The lowest BCUT2D eigenvalue weighted by atomic mass is 9.87. The van der Waals surface area contributed by atoms with Crippen molar-refractivity contribution >= 4 is 12.0 Å². The van der Waals surface area contributed by atoms with Crippen LogP contribution in [0.3, 0.4) is 0 Å². The molecule has 1 fully saturated rings. The van der Waals surface area contributed by atoms with Crippen molar-refractivity contribution in [1.82, 2.24) is 15.1 Å². The SMILES string of the molecule is CC1CCC(NC(=O)/C=C/c2cnn(-c3ccccc3)c2)CC1. The van der Waals surface area contributed by atoms with Gasteiger partial charge < -0.3 is 5.32 Å². The molecule has 1 heterocycles. The number of aromatic nitrogens is 2. The molecule has 0 unspecified atom stereocenters. The third-order valence-electron chi connectivity index (χ3n) is 4.41. The van der Waals surface area contributed by atoms with Crippen LogP contribution in [-0.4, -0.2) is 21.7 Å². The number of para-hydroxylation sites is 1. The molecule has 3 rings (SSSR count). The topological polar surface area (TPSA) is 46.9 Å². The van der Waals surface area contributed by atoms with Gasteiger partial charge >= 0.3 is 0 Å². The van der Waals surface area contributed by atoms with E-state index in [4.69, 9.17) is 0 Å². The van der Waals surface area contributed by atoms with Crippen LogP contribution in [0.5, 0.6) is 0 Å². The van der Waals surface area contributed by atoms with Crippen molar-refractivity contribution in [3.8, 4) is 5.69 Å². The van der Waals surface area contributed by atoms with Crippen LogP contribution in [0.2, 0.25) is 0 Å². The first-order valence-corrected chi connectivity index (χ1v) is 8.29. The first-order valence-electron chi connectivity index (χ1n) is 8.29. The molecular weight excluding hydrogens is 286 g/mol. The molecule has 0 spiro atoms. The highest BCUT2D eigenvalue weighted by atomic mass is 16.1. The monoisotopic (exact) mass is 309 g/mol. The molecule has 1 aromatic carbocycles. The highest BCUT2D eigenvalue weighted by molar-refractivity contribution is 5.91. The highest BCUT2D eigenvalue weighted by Crippen LogP contribution is 2.23. The van der Waals surface area contributed by atoms with E-state index in [2.05, 4.69) is 17.3 Å². The molecule has 23 heavy (non-hydrogen) atoms. The summed E-state index contributed by atoms with van der Waals surface area (Å²) in [5, 5.41) is 7.42. The quantitative estimate of drug-likeness (QED) is 0.878. The molecule has 0 radical (unpaired) electrons. The van der Waals surface area contributed by atoms with Gasteiger partial charge in [0.25, 0.3) is 0 Å². The maximum absolute atomic E-state index is 12.0. The van der Waals surface area contributed by atoms with E-state index in [-0.39, 0.29) is 5.91 Å². The summed E-state index contributed by atoms with van der Waals surface area (Å²) in [6.45, 7) is 2.28. The largest absolute Gasteiger partial charge is 0.350 e. The second-order valence-electron chi connectivity index (χ2n) is 6.35. The van der Waals surface area contributed by atoms with Crippen molar-refractivity contribution < 1.29 is 4.79 Å². The number of benzene rings is 1. The zero-order chi connectivity index (χ0) is 16.1. The van der Waals surface area contributed by atoms with Crippen LogP contribution in [0.4, 0.5) is 0 Å². The predicted molar refractivity (Wildman–Crippen MR) is 92.2 cm³/mol. The number of nitrogens with zero attached hydrogens (tertiary/aromatic N) is 2. The number of rotatable bonds is 4. The third kappa shape index (κ3) is 4.31. The highest BCUT2D eigenvalue weighted by Gasteiger charge is 2.18. The van der Waals surface area contributed by atoms with Crippen LogP contribution in [0.25, 0.3) is 11.8 Å². The number of hydrogen-bond acceptors (Lipinski definition) is 2. The van der Waals surface area contributed by atoms with Gasteiger partial charge in [0.15, 0.2) is 0 Å². The fraction of sp³-hybridized carbons (Fsp3) is 0.368. The average molecular weight is 309 g/mol. The Morgan fingerprint density at radius 3 is 2.70 bits per heavy atom. The Balaban J connectivity index is 1.55. The van der Waals surface area contributed by atoms with Crippen LogP contribution in [0, 0.1) is 5.92 Å². The Labute approximate surface area is 137 Å². The molecule has 1 aliphatic rings. The van der Waals surface area contributed by atoms with Gasteiger partial charge in [-0.15, -0.1) is 0 Å². The predicted octanol–water partition coefficient (Wildman–Crippen LogP) is 3.58. The summed E-state index contributed by atoms with van der Waals surface area (Å²) in [7, 11) is 0. The van der Waals surface area contributed by atoms with Crippen LogP contribution in [0.1, 0.15) is 38.2 Å². The second kappa shape index (κ2) is 7.27. The minimum atomic E-state index is -0.0167. The molecule has 120 valence electrons. The molecule has 0 saturated heterocycles. The van der Waals surface area contributed by atoms with Gasteiger partial charge in [0.2, 0.25) is 5.91 Å². The Kier molecular flexibility index (Phi) is 4.91. The van der Waals surface area contributed by atoms with Gasteiger partial charge in [0.1, 0.15) is 0 Å². The fourth-order valence-electron chi connectivity index (χ4n) is 2.97. The number of amides is 1. The molecule has 1 aliphatic carbocycles. The Morgan fingerprint density at radius 1 is 1.22 bits per heavy atom. The number of carbonyl (C=O) groups excluding carboxylic acids is 1. The summed E-state index contributed by atoms with van der Waals surface area (Å²) in [5.41, 5.74) is 1.93. The number of carbonyl (C=O) groups is 1. The second-order valence-corrected chi connectivity index (χ2v) is 6.35. The molecule has 4 nitrogen and oxygen atoms in total. The van der Waals surface area contributed by atoms with Crippen LogP contribution < -0.4 is 5.32 Å². The normalized spacial score (nSPS) is 21.4. The first kappa shape index (κ1) is 15.5. The summed E-state index contributed by atoms with van der Waals surface area (Å²) in [4.78, 5) is 12.0. The van der Waals surface area contributed by atoms with E-state index in [1.54, 1.807) is 17.0 Å². The van der Waals surface area contributed by atoms with Gasteiger partial charge in [-0.2, -0.15) is 5.10 Å². The zero-order valence-electron chi connectivity index (χ0n) is 13.5. The maximum atomic E-state index is 12.0. The molecule has 0 aliphatic heterocycles. The Morgan fingerprint density at radius 2 is 1.96 bits per heavy atom. The van der Waals surface area contributed by atoms with Gasteiger partial charge in [0.05, 0.1) is 11.9 Å². The summed E-state index contributed by atoms with van der Waals surface area (Å²) >= 11 is 0. The third-order valence-corrected chi connectivity index (χ3v) is 4.41. The molecule has 0 atom stereocenters. The van der Waals surface area contributed by atoms with Crippen molar-refractivity contribution in [2.24, 2.45) is 5.92 Å². The van der Waals surface area contributed by atoms with E-state index in [1.807, 2.05) is 42.6 Å². The summed E-state index contributed by atoms with van der Waals surface area (Å²) in [6, 6.07) is 10.3. The van der Waals surface area contributed by atoms with Crippen molar-refractivity contribution in [2.45, 2.75) is 38.6 Å². The lowest BCUT2D eigenvalue weighted by Crippen LogP contribution is -2.36. The Bertz CT molecular complexity index is 667. The first-order chi connectivity index (χ1) is 11.2. The van der Waals surface area contributed by atoms with Crippen LogP contribution in [0.15, 0.2) is 48.8 Å². The molecule has 4 heteroatoms. The molecule has 1 saturated carbocycles. The van der Waals surface area contributed by atoms with E-state index < -0.39 is 0 Å². The van der Waals surface area contributed by atoms with Gasteiger partial charge in [-0.05, 0) is 49.8 Å². The van der Waals surface area contributed by atoms with Crippen molar-refractivity contribution in [3.63, 3.8) is 0 Å². The molecule has 1 amide bonds. The van der Waals surface area contributed by atoms with Gasteiger partial charge in [-0.25, -0.2) is 4.68 Å². The van der Waals surface area contributed by atoms with E-state index in [1.165, 1.54) is 12.8 Å². The van der Waals surface area contributed by atoms with Gasteiger partial charge in [-0.3, -0.25) is 4.79 Å². The van der Waals surface area contributed by atoms with E-state index in [0.717, 1.165) is 30.0 Å². The molecule has 2 aromatic rings. The van der Waals surface area contributed by atoms with Crippen LogP contribution in [-0.2, 0) is 4.79 Å². The lowest BCUT2D eigenvalue weighted by molar-refractivity contribution is -0.117. The summed E-state index contributed by atoms with van der Waals surface area (Å²) in [5.74, 6) is 0.777. The molecule has 1 N–H and O–H groups in total. The minimum absolute atomic E-state index is 0.0167. The lowest BCUT2D eigenvalue weighted by Gasteiger charge is -2.26. The van der Waals surface area contributed by atoms with Crippen molar-refractivity contribution in [2.75, 3.05) is 0 Å². The van der Waals surface area contributed by atoms with Crippen molar-refractivity contribution in [3.05, 3.63) is 54.4 Å². The molecule has 1 aromatic heterocycles. The molecule has 0 bridgehead atoms. The molecular formula is C19H23N3O. The van der Waals surface area contributed by atoms with E-state index >= 15 is 0 Å². The minimum Gasteiger partial charge on any atom is -0.350 e. The van der Waals surface area contributed by atoms with E-state index in [0.29, 0.717) is 6.04 Å². The van der Waals surface area contributed by atoms with E-state index in [9.17, 15) is 4.79 Å². The summed E-state index contributed by atoms with van der Waals surface area (Å²) in [6.07, 6.45) is 11.7. The maximum Gasteiger partial charge on any atom is 0.244 e. The van der Waals surface area contributed by atoms with Crippen LogP contribution >= 0.6 is 0 Å². The Hall–Kier alpha value is -2.36. The van der Waals surface area contributed by atoms with Crippen molar-refractivity contribution in [1.29, 1.82) is 0 Å². The summed E-state index contributed by atoms with van der Waals surface area (Å²) < 4.78 is 1.81. The zero-order valence-corrected chi connectivity index (χ0v) is 13.5. The fourth-order valence-corrected chi connectivity index (χ4v) is 2.97. The smallest absolute Gasteiger partial charge is 0.244 e. The standard InChI is InChI=1S/C19H23N3O/c1-15-7-10-17(11-8-15)21-19(23)12-9-16-13-20-22(14-16)18-5-3-2-4-6-18/h2-6,9,12-15,17H,7-8,10-11H2,1H3,(H,21,23)/b12-9+. The number of nitrogens with one attached hydrogen (secondary N) is 1. The van der Waals surface area contributed by atoms with Gasteiger partial charge in [-0.1, -0.05) is 25.1 Å². The average Bonchev–Trinajstić information content (AvgIpc) is 3.05. The number of hydrogen-bond donors (Lipinski definition) is 1. The van der Waals surface area contributed by atoms with Gasteiger partial charge in [0, 0.05) is 23.9 Å².